The zero-order chi connectivity index (χ0) is 13.2. The third-order valence-corrected chi connectivity index (χ3v) is 2.99. The molecule has 0 aliphatic carbocycles. The summed E-state index contributed by atoms with van der Waals surface area (Å²) in [5.41, 5.74) is -0.188. The van der Waals surface area contributed by atoms with Crippen LogP contribution in [0.3, 0.4) is 0 Å². The Kier molecular flexibility index (Phi) is 3.58. The van der Waals surface area contributed by atoms with Gasteiger partial charge >= 0.3 is 6.18 Å². The average molecular weight is 255 g/mol. The zero-order valence-electron chi connectivity index (χ0n) is 9.57. The van der Waals surface area contributed by atoms with Crippen LogP contribution in [0.15, 0.2) is 24.3 Å². The molecule has 0 spiro atoms. The topological polar surface area (TPSA) is 33.0 Å². The van der Waals surface area contributed by atoms with Crippen molar-refractivity contribution in [1.82, 2.24) is 0 Å². The number of rotatable bonds is 1. The van der Waals surface area contributed by atoms with E-state index in [0.29, 0.717) is 18.4 Å². The third kappa shape index (κ3) is 2.82. The first-order chi connectivity index (χ1) is 8.50. The van der Waals surface area contributed by atoms with E-state index in [1.54, 1.807) is 6.07 Å². The quantitative estimate of drug-likeness (QED) is 0.763. The molecule has 0 saturated carbocycles. The SMILES string of the molecule is N#C[C@H]1CCC[C@@H](c2cccc(C(F)(F)F)c2)O1. The van der Waals surface area contributed by atoms with Gasteiger partial charge in [-0.05, 0) is 37.0 Å². The molecule has 1 aliphatic heterocycles. The summed E-state index contributed by atoms with van der Waals surface area (Å²) in [6, 6.07) is 7.12. The van der Waals surface area contributed by atoms with Crippen LogP contribution < -0.4 is 0 Å². The van der Waals surface area contributed by atoms with Crippen LogP contribution in [0.2, 0.25) is 0 Å². The Morgan fingerprint density at radius 2 is 2.06 bits per heavy atom. The van der Waals surface area contributed by atoms with E-state index in [9.17, 15) is 13.2 Å². The van der Waals surface area contributed by atoms with Crippen molar-refractivity contribution in [2.24, 2.45) is 0 Å². The number of hydrogen-bond acceptors (Lipinski definition) is 2. The van der Waals surface area contributed by atoms with Gasteiger partial charge in [0.05, 0.1) is 17.7 Å². The molecule has 2 nitrogen and oxygen atoms in total. The Bertz CT molecular complexity index is 464. The number of nitrogens with zero attached hydrogens (tertiary/aromatic N) is 1. The third-order valence-electron chi connectivity index (χ3n) is 2.99. The smallest absolute Gasteiger partial charge is 0.355 e. The van der Waals surface area contributed by atoms with Gasteiger partial charge in [0, 0.05) is 0 Å². The first-order valence-electron chi connectivity index (χ1n) is 5.73. The van der Waals surface area contributed by atoms with Crippen LogP contribution in [0.1, 0.15) is 36.5 Å². The van der Waals surface area contributed by atoms with E-state index in [2.05, 4.69) is 0 Å². The lowest BCUT2D eigenvalue weighted by atomic mass is 9.97. The lowest BCUT2D eigenvalue weighted by molar-refractivity contribution is -0.137. The molecule has 1 heterocycles. The van der Waals surface area contributed by atoms with Gasteiger partial charge < -0.3 is 4.74 Å². The Morgan fingerprint density at radius 1 is 1.28 bits per heavy atom. The normalized spacial score (nSPS) is 24.6. The molecule has 2 atom stereocenters. The van der Waals surface area contributed by atoms with Crippen LogP contribution in [-0.4, -0.2) is 6.10 Å². The first kappa shape index (κ1) is 12.9. The van der Waals surface area contributed by atoms with Crippen molar-refractivity contribution in [1.29, 1.82) is 5.26 Å². The molecule has 1 fully saturated rings. The van der Waals surface area contributed by atoms with Crippen molar-refractivity contribution in [3.8, 4) is 6.07 Å². The molecular weight excluding hydrogens is 243 g/mol. The molecule has 96 valence electrons. The summed E-state index contributed by atoms with van der Waals surface area (Å²) < 4.78 is 43.2. The molecule has 0 bridgehead atoms. The Balaban J connectivity index is 2.21. The minimum atomic E-state index is -4.35. The second-order valence-electron chi connectivity index (χ2n) is 4.30. The van der Waals surface area contributed by atoms with E-state index in [1.165, 1.54) is 6.07 Å². The lowest BCUT2D eigenvalue weighted by Crippen LogP contribution is -2.21. The molecule has 1 saturated heterocycles. The predicted molar refractivity (Wildman–Crippen MR) is 58.5 cm³/mol. The molecule has 5 heteroatoms. The van der Waals surface area contributed by atoms with E-state index < -0.39 is 23.9 Å². The van der Waals surface area contributed by atoms with E-state index in [0.717, 1.165) is 18.6 Å². The lowest BCUT2D eigenvalue weighted by Gasteiger charge is -2.26. The van der Waals surface area contributed by atoms with Gasteiger partial charge in [-0.1, -0.05) is 12.1 Å². The van der Waals surface area contributed by atoms with E-state index >= 15 is 0 Å². The summed E-state index contributed by atoms with van der Waals surface area (Å²) in [6.45, 7) is 0. The highest BCUT2D eigenvalue weighted by Gasteiger charge is 2.31. The van der Waals surface area contributed by atoms with Gasteiger partial charge in [-0.2, -0.15) is 18.4 Å². The molecule has 1 aromatic carbocycles. The first-order valence-corrected chi connectivity index (χ1v) is 5.73. The summed E-state index contributed by atoms with van der Waals surface area (Å²) >= 11 is 0. The minimum absolute atomic E-state index is 0.411. The second kappa shape index (κ2) is 4.99. The molecule has 0 aromatic heterocycles. The molecule has 18 heavy (non-hydrogen) atoms. The molecule has 0 amide bonds. The van der Waals surface area contributed by atoms with Crippen LogP contribution in [0.5, 0.6) is 0 Å². The summed E-state index contributed by atoms with van der Waals surface area (Å²) in [4.78, 5) is 0. The fraction of sp³-hybridized carbons (Fsp3) is 0.462. The standard InChI is InChI=1S/C13H12F3NO/c14-13(15,16)10-4-1-3-9(7-10)12-6-2-5-11(8-17)18-12/h1,3-4,7,11-12H,2,5-6H2/t11-,12+/m1/s1. The van der Waals surface area contributed by atoms with Crippen molar-refractivity contribution in [2.45, 2.75) is 37.6 Å². The van der Waals surface area contributed by atoms with E-state index in [-0.39, 0.29) is 0 Å². The zero-order valence-corrected chi connectivity index (χ0v) is 9.57. The van der Waals surface area contributed by atoms with Crippen molar-refractivity contribution in [3.05, 3.63) is 35.4 Å². The minimum Gasteiger partial charge on any atom is -0.355 e. The van der Waals surface area contributed by atoms with Crippen LogP contribution in [0, 0.1) is 11.3 Å². The van der Waals surface area contributed by atoms with Gasteiger partial charge in [0.25, 0.3) is 0 Å². The number of benzene rings is 1. The maximum atomic E-state index is 12.6. The second-order valence-corrected chi connectivity index (χ2v) is 4.30. The van der Waals surface area contributed by atoms with Crippen LogP contribution >= 0.6 is 0 Å². The summed E-state index contributed by atoms with van der Waals surface area (Å²) in [7, 11) is 0. The number of nitriles is 1. The molecule has 2 rings (SSSR count). The Hall–Kier alpha value is -1.54. The van der Waals surface area contributed by atoms with E-state index in [4.69, 9.17) is 10.00 Å². The maximum absolute atomic E-state index is 12.6. The van der Waals surface area contributed by atoms with Crippen LogP contribution in [0.25, 0.3) is 0 Å². The van der Waals surface area contributed by atoms with Gasteiger partial charge in [-0.15, -0.1) is 0 Å². The number of hydrogen-bond donors (Lipinski definition) is 0. The van der Waals surface area contributed by atoms with Crippen molar-refractivity contribution >= 4 is 0 Å². The molecule has 1 aliphatic rings. The van der Waals surface area contributed by atoms with Crippen molar-refractivity contribution < 1.29 is 17.9 Å². The maximum Gasteiger partial charge on any atom is 0.416 e. The highest BCUT2D eigenvalue weighted by atomic mass is 19.4. The molecule has 0 N–H and O–H groups in total. The van der Waals surface area contributed by atoms with Crippen molar-refractivity contribution in [2.75, 3.05) is 0 Å². The molecule has 1 aromatic rings. The Morgan fingerprint density at radius 3 is 2.72 bits per heavy atom. The predicted octanol–water partition coefficient (Wildman–Crippen LogP) is 3.84. The summed E-state index contributed by atoms with van der Waals surface area (Å²) in [6.07, 6.45) is -3.19. The molecule has 0 unspecified atom stereocenters. The van der Waals surface area contributed by atoms with Gasteiger partial charge in [0.1, 0.15) is 6.10 Å². The van der Waals surface area contributed by atoms with Gasteiger partial charge in [-0.25, -0.2) is 0 Å². The largest absolute Gasteiger partial charge is 0.416 e. The fourth-order valence-electron chi connectivity index (χ4n) is 2.08. The summed E-state index contributed by atoms with van der Waals surface area (Å²) in [5, 5.41) is 8.78. The summed E-state index contributed by atoms with van der Waals surface area (Å²) in [5.74, 6) is 0. The van der Waals surface area contributed by atoms with Gasteiger partial charge in [-0.3, -0.25) is 0 Å². The van der Waals surface area contributed by atoms with Gasteiger partial charge in [0.15, 0.2) is 0 Å². The highest BCUT2D eigenvalue weighted by molar-refractivity contribution is 5.27. The number of alkyl halides is 3. The van der Waals surface area contributed by atoms with Crippen LogP contribution in [0.4, 0.5) is 13.2 Å². The van der Waals surface area contributed by atoms with Crippen molar-refractivity contribution in [3.63, 3.8) is 0 Å². The monoisotopic (exact) mass is 255 g/mol. The number of ether oxygens (including phenoxy) is 1. The molecular formula is C13H12F3NO. The van der Waals surface area contributed by atoms with E-state index in [1.807, 2.05) is 6.07 Å². The highest BCUT2D eigenvalue weighted by Crippen LogP contribution is 2.35. The number of halogens is 3. The fourth-order valence-corrected chi connectivity index (χ4v) is 2.08. The average Bonchev–Trinajstić information content (AvgIpc) is 2.38. The van der Waals surface area contributed by atoms with Gasteiger partial charge in [0.2, 0.25) is 0 Å². The Labute approximate surface area is 103 Å². The molecule has 0 radical (unpaired) electrons. The van der Waals surface area contributed by atoms with Crippen LogP contribution in [-0.2, 0) is 10.9 Å².